The van der Waals surface area contributed by atoms with E-state index in [0.29, 0.717) is 12.2 Å². The fraction of sp³-hybridized carbons (Fsp3) is 0.0833. The number of aromatic nitrogens is 4. The molecule has 0 saturated heterocycles. The molecule has 0 aliphatic rings. The zero-order valence-corrected chi connectivity index (χ0v) is 8.98. The van der Waals surface area contributed by atoms with Gasteiger partial charge in [-0.1, -0.05) is 30.3 Å². The molecule has 0 amide bonds. The maximum atomic E-state index is 9.74. The van der Waals surface area contributed by atoms with Crippen molar-refractivity contribution in [3.63, 3.8) is 0 Å². The summed E-state index contributed by atoms with van der Waals surface area (Å²) in [4.78, 5) is 8.28. The topological polar surface area (TPSA) is 63.3 Å². The summed E-state index contributed by atoms with van der Waals surface area (Å²) in [6.45, 7) is 0. The average Bonchev–Trinajstić information content (AvgIpc) is 2.79. The fourth-order valence-electron chi connectivity index (χ4n) is 1.74. The number of nitrogens with zero attached hydrogens (tertiary/aromatic N) is 4. The average molecular weight is 226 g/mol. The highest BCUT2D eigenvalue weighted by Crippen LogP contribution is 2.14. The Morgan fingerprint density at radius 1 is 1.18 bits per heavy atom. The van der Waals surface area contributed by atoms with Crippen LogP contribution in [-0.4, -0.2) is 24.7 Å². The van der Waals surface area contributed by atoms with Crippen LogP contribution in [-0.2, 0) is 6.42 Å². The Kier molecular flexibility index (Phi) is 2.22. The Labute approximate surface area is 97.4 Å². The molecule has 2 aromatic heterocycles. The van der Waals surface area contributed by atoms with E-state index in [2.05, 4.69) is 15.1 Å². The number of fused-ring (bicyclic) bond motifs is 1. The molecule has 17 heavy (non-hydrogen) atoms. The summed E-state index contributed by atoms with van der Waals surface area (Å²) in [6, 6.07) is 11.6. The van der Waals surface area contributed by atoms with E-state index in [1.807, 2.05) is 30.3 Å². The Morgan fingerprint density at radius 3 is 2.82 bits per heavy atom. The second kappa shape index (κ2) is 3.86. The molecule has 0 atom stereocenters. The molecule has 1 N–H and O–H groups in total. The molecule has 0 bridgehead atoms. The standard InChI is InChI=1S/C12H10N4O/c17-11-7-10(6-9-4-2-1-3-5-9)15-12-13-8-14-16(11)12/h1-5,7-8,17H,6H2. The van der Waals surface area contributed by atoms with E-state index in [1.54, 1.807) is 6.07 Å². The van der Waals surface area contributed by atoms with Crippen LogP contribution in [0.3, 0.4) is 0 Å². The number of hydrogen-bond donors (Lipinski definition) is 1. The van der Waals surface area contributed by atoms with Crippen LogP contribution in [0.2, 0.25) is 0 Å². The van der Waals surface area contributed by atoms with Crippen molar-refractivity contribution in [2.75, 3.05) is 0 Å². The van der Waals surface area contributed by atoms with E-state index in [1.165, 1.54) is 10.8 Å². The van der Waals surface area contributed by atoms with Gasteiger partial charge in [0.25, 0.3) is 5.78 Å². The van der Waals surface area contributed by atoms with Crippen molar-refractivity contribution in [3.05, 3.63) is 54.0 Å². The van der Waals surface area contributed by atoms with Gasteiger partial charge >= 0.3 is 0 Å². The lowest BCUT2D eigenvalue weighted by Crippen LogP contribution is -1.98. The van der Waals surface area contributed by atoms with Gasteiger partial charge in [0, 0.05) is 12.5 Å². The van der Waals surface area contributed by atoms with Gasteiger partial charge in [-0.25, -0.2) is 4.98 Å². The van der Waals surface area contributed by atoms with Crippen LogP contribution >= 0.6 is 0 Å². The van der Waals surface area contributed by atoms with Crippen molar-refractivity contribution in [1.29, 1.82) is 0 Å². The second-order valence-corrected chi connectivity index (χ2v) is 3.74. The maximum absolute atomic E-state index is 9.74. The lowest BCUT2D eigenvalue weighted by molar-refractivity contribution is 0.434. The predicted molar refractivity (Wildman–Crippen MR) is 61.7 cm³/mol. The van der Waals surface area contributed by atoms with Gasteiger partial charge in [-0.2, -0.15) is 14.6 Å². The van der Waals surface area contributed by atoms with Gasteiger partial charge in [-0.15, -0.1) is 0 Å². The van der Waals surface area contributed by atoms with E-state index in [-0.39, 0.29) is 5.88 Å². The molecule has 0 aliphatic carbocycles. The monoisotopic (exact) mass is 226 g/mol. The first-order valence-corrected chi connectivity index (χ1v) is 5.25. The summed E-state index contributed by atoms with van der Waals surface area (Å²) in [7, 11) is 0. The van der Waals surface area contributed by atoms with Crippen molar-refractivity contribution < 1.29 is 5.11 Å². The summed E-state index contributed by atoms with van der Waals surface area (Å²) < 4.78 is 1.30. The van der Waals surface area contributed by atoms with Crippen molar-refractivity contribution in [2.24, 2.45) is 0 Å². The highest BCUT2D eigenvalue weighted by molar-refractivity contribution is 5.34. The molecule has 0 saturated carbocycles. The predicted octanol–water partition coefficient (Wildman–Crippen LogP) is 1.42. The van der Waals surface area contributed by atoms with Gasteiger partial charge in [-0.3, -0.25) is 0 Å². The van der Waals surface area contributed by atoms with Gasteiger partial charge in [0.2, 0.25) is 5.88 Å². The molecule has 5 nitrogen and oxygen atoms in total. The molecule has 5 heteroatoms. The molecule has 0 aliphatic heterocycles. The lowest BCUT2D eigenvalue weighted by Gasteiger charge is -2.02. The smallest absolute Gasteiger partial charge is 0.255 e. The van der Waals surface area contributed by atoms with Crippen molar-refractivity contribution in [2.45, 2.75) is 6.42 Å². The zero-order valence-electron chi connectivity index (χ0n) is 8.98. The van der Waals surface area contributed by atoms with Crippen molar-refractivity contribution in [3.8, 4) is 5.88 Å². The van der Waals surface area contributed by atoms with Gasteiger partial charge < -0.3 is 5.11 Å². The second-order valence-electron chi connectivity index (χ2n) is 3.74. The summed E-state index contributed by atoms with van der Waals surface area (Å²) in [6.07, 6.45) is 2.03. The molecule has 0 radical (unpaired) electrons. The largest absolute Gasteiger partial charge is 0.493 e. The summed E-state index contributed by atoms with van der Waals surface area (Å²) in [5.41, 5.74) is 1.91. The van der Waals surface area contributed by atoms with Gasteiger partial charge in [-0.05, 0) is 5.56 Å². The molecule has 0 fully saturated rings. The third-order valence-corrected chi connectivity index (χ3v) is 2.51. The fourth-order valence-corrected chi connectivity index (χ4v) is 1.74. The van der Waals surface area contributed by atoms with Crippen LogP contribution in [0.15, 0.2) is 42.7 Å². The number of aromatic hydroxyl groups is 1. The highest BCUT2D eigenvalue weighted by atomic mass is 16.3. The molecule has 1 aromatic carbocycles. The minimum atomic E-state index is 0.0541. The Morgan fingerprint density at radius 2 is 2.00 bits per heavy atom. The van der Waals surface area contributed by atoms with E-state index >= 15 is 0 Å². The maximum Gasteiger partial charge on any atom is 0.255 e. The lowest BCUT2D eigenvalue weighted by atomic mass is 10.1. The Hall–Kier alpha value is -2.43. The number of hydrogen-bond acceptors (Lipinski definition) is 4. The van der Waals surface area contributed by atoms with E-state index in [4.69, 9.17) is 0 Å². The highest BCUT2D eigenvalue weighted by Gasteiger charge is 2.06. The van der Waals surface area contributed by atoms with Crippen LogP contribution in [0.25, 0.3) is 5.78 Å². The Bertz CT molecular complexity index is 648. The SMILES string of the molecule is Oc1cc(Cc2ccccc2)nc2ncnn12. The molecule has 0 spiro atoms. The quantitative estimate of drug-likeness (QED) is 0.717. The van der Waals surface area contributed by atoms with Gasteiger partial charge in [0.1, 0.15) is 6.33 Å². The Balaban J connectivity index is 2.01. The molecular formula is C12H10N4O. The normalized spacial score (nSPS) is 10.8. The zero-order chi connectivity index (χ0) is 11.7. The first kappa shape index (κ1) is 9.77. The van der Waals surface area contributed by atoms with Crippen molar-refractivity contribution >= 4 is 5.78 Å². The molecule has 3 aromatic rings. The van der Waals surface area contributed by atoms with E-state index in [9.17, 15) is 5.11 Å². The van der Waals surface area contributed by atoms with Crippen LogP contribution < -0.4 is 0 Å². The third kappa shape index (κ3) is 1.82. The molecule has 84 valence electrons. The molecule has 0 unspecified atom stereocenters. The van der Waals surface area contributed by atoms with E-state index < -0.39 is 0 Å². The van der Waals surface area contributed by atoms with Crippen molar-refractivity contribution in [1.82, 2.24) is 19.6 Å². The number of benzene rings is 1. The van der Waals surface area contributed by atoms with Gasteiger partial charge in [0.05, 0.1) is 5.69 Å². The molecular weight excluding hydrogens is 216 g/mol. The molecule has 2 heterocycles. The van der Waals surface area contributed by atoms with Crippen LogP contribution in [0, 0.1) is 0 Å². The minimum Gasteiger partial charge on any atom is -0.493 e. The van der Waals surface area contributed by atoms with E-state index in [0.717, 1.165) is 11.3 Å². The summed E-state index contributed by atoms with van der Waals surface area (Å²) in [5, 5.41) is 13.6. The summed E-state index contributed by atoms with van der Waals surface area (Å²) >= 11 is 0. The molecule has 3 rings (SSSR count). The van der Waals surface area contributed by atoms with Crippen LogP contribution in [0.4, 0.5) is 0 Å². The third-order valence-electron chi connectivity index (χ3n) is 2.51. The minimum absolute atomic E-state index is 0.0541. The van der Waals surface area contributed by atoms with Crippen LogP contribution in [0.1, 0.15) is 11.3 Å². The number of rotatable bonds is 2. The first-order chi connectivity index (χ1) is 8.33. The van der Waals surface area contributed by atoms with Crippen LogP contribution in [0.5, 0.6) is 5.88 Å². The summed E-state index contributed by atoms with van der Waals surface area (Å²) in [5.74, 6) is 0.467. The van der Waals surface area contributed by atoms with Gasteiger partial charge in [0.15, 0.2) is 0 Å². The first-order valence-electron chi connectivity index (χ1n) is 5.25.